The molecule has 0 saturated heterocycles. The lowest BCUT2D eigenvalue weighted by molar-refractivity contribution is -0.118. The minimum atomic E-state index is -0.981. The molecule has 0 spiro atoms. The largest absolute Gasteiger partial charge is 0.345 e. The highest BCUT2D eigenvalue weighted by Crippen LogP contribution is 2.14. The fourth-order valence-corrected chi connectivity index (χ4v) is 0.718. The van der Waals surface area contributed by atoms with E-state index in [1.165, 1.54) is 6.92 Å². The summed E-state index contributed by atoms with van der Waals surface area (Å²) in [5.41, 5.74) is 0. The molecule has 3 nitrogen and oxygen atoms in total. The van der Waals surface area contributed by atoms with E-state index < -0.39 is 4.87 Å². The monoisotopic (exact) mass is 209 g/mol. The third-order valence-electron chi connectivity index (χ3n) is 1.48. The molecular formula is C7H12ClNO2S. The van der Waals surface area contributed by atoms with Gasteiger partial charge in [-0.3, -0.25) is 9.59 Å². The molecule has 0 bridgehead atoms. The summed E-state index contributed by atoms with van der Waals surface area (Å²) in [5.74, 6) is -0.148. The Kier molecular flexibility index (Phi) is 4.63. The van der Waals surface area contributed by atoms with E-state index in [0.29, 0.717) is 0 Å². The molecule has 0 aliphatic rings. The molecule has 12 heavy (non-hydrogen) atoms. The Balaban J connectivity index is 3.92. The molecule has 1 N–H and O–H groups in total. The Morgan fingerprint density at radius 1 is 1.58 bits per heavy atom. The number of thioether (sulfide) groups is 1. The second-order valence-corrected chi connectivity index (χ2v) is 4.21. The molecule has 0 aromatic rings. The molecule has 0 aromatic carbocycles. The Labute approximate surface area is 81.2 Å². The van der Waals surface area contributed by atoms with Crippen LogP contribution in [0.3, 0.4) is 0 Å². The molecule has 70 valence electrons. The number of alkyl halides is 1. The summed E-state index contributed by atoms with van der Waals surface area (Å²) < 4.78 is 0. The van der Waals surface area contributed by atoms with Crippen LogP contribution in [0, 0.1) is 0 Å². The Bertz CT molecular complexity index is 194. The van der Waals surface area contributed by atoms with Crippen LogP contribution in [0.5, 0.6) is 0 Å². The summed E-state index contributed by atoms with van der Waals surface area (Å²) in [6.45, 7) is 3.15. The number of ketones is 1. The predicted octanol–water partition coefficient (Wildman–Crippen LogP) is 1.65. The van der Waals surface area contributed by atoms with E-state index >= 15 is 0 Å². The van der Waals surface area contributed by atoms with Crippen molar-refractivity contribution in [1.82, 2.24) is 5.32 Å². The van der Waals surface area contributed by atoms with E-state index in [1.54, 1.807) is 13.2 Å². The Hall–Kier alpha value is -0.220. The molecule has 1 amide bonds. The highest BCUT2D eigenvalue weighted by molar-refractivity contribution is 8.12. The molecule has 1 unspecified atom stereocenters. The third kappa shape index (κ3) is 3.97. The van der Waals surface area contributed by atoms with Gasteiger partial charge in [0.2, 0.25) is 0 Å². The van der Waals surface area contributed by atoms with Crippen LogP contribution < -0.4 is 5.32 Å². The lowest BCUT2D eigenvalue weighted by atomic mass is 10.1. The number of hydrogen-bond donors (Lipinski definition) is 1. The normalized spacial score (nSPS) is 15.0. The van der Waals surface area contributed by atoms with Crippen molar-refractivity contribution in [3.63, 3.8) is 0 Å². The zero-order valence-electron chi connectivity index (χ0n) is 7.31. The van der Waals surface area contributed by atoms with Crippen molar-refractivity contribution < 1.29 is 9.59 Å². The summed E-state index contributed by atoms with van der Waals surface area (Å²) in [6.07, 6.45) is 1.66. The number of hydrogen-bond acceptors (Lipinski definition) is 3. The zero-order chi connectivity index (χ0) is 9.78. The minimum absolute atomic E-state index is 0.148. The van der Waals surface area contributed by atoms with Crippen molar-refractivity contribution in [2.45, 2.75) is 18.7 Å². The summed E-state index contributed by atoms with van der Waals surface area (Å²) in [4.78, 5) is 20.7. The van der Waals surface area contributed by atoms with E-state index in [1.807, 2.05) is 0 Å². The van der Waals surface area contributed by atoms with E-state index in [0.717, 1.165) is 11.8 Å². The van der Waals surface area contributed by atoms with E-state index in [4.69, 9.17) is 11.6 Å². The van der Waals surface area contributed by atoms with Crippen LogP contribution >= 0.6 is 23.4 Å². The van der Waals surface area contributed by atoms with E-state index in [2.05, 4.69) is 5.32 Å². The van der Waals surface area contributed by atoms with Gasteiger partial charge in [0.15, 0.2) is 5.78 Å². The Morgan fingerprint density at radius 3 is 2.42 bits per heavy atom. The Morgan fingerprint density at radius 2 is 2.08 bits per heavy atom. The van der Waals surface area contributed by atoms with Crippen LogP contribution in [-0.2, 0) is 4.79 Å². The summed E-state index contributed by atoms with van der Waals surface area (Å²) in [6, 6.07) is 0. The topological polar surface area (TPSA) is 46.2 Å². The first-order valence-corrected chi connectivity index (χ1v) is 5.02. The maximum atomic E-state index is 10.9. The van der Waals surface area contributed by atoms with E-state index in [9.17, 15) is 9.59 Å². The zero-order valence-corrected chi connectivity index (χ0v) is 8.88. The quantitative estimate of drug-likeness (QED) is 0.719. The molecule has 0 radical (unpaired) electrons. The summed E-state index contributed by atoms with van der Waals surface area (Å²) in [5, 5.41) is 2.35. The third-order valence-corrected chi connectivity index (χ3v) is 2.40. The summed E-state index contributed by atoms with van der Waals surface area (Å²) in [7, 11) is 0. The number of nitrogens with one attached hydrogen (secondary N) is 1. The van der Waals surface area contributed by atoms with Crippen molar-refractivity contribution >= 4 is 34.4 Å². The molecule has 5 heteroatoms. The van der Waals surface area contributed by atoms with Gasteiger partial charge in [-0.15, -0.1) is 11.6 Å². The van der Waals surface area contributed by atoms with Gasteiger partial charge in [0.05, 0.1) is 0 Å². The first kappa shape index (κ1) is 11.8. The van der Waals surface area contributed by atoms with Gasteiger partial charge in [0.1, 0.15) is 4.87 Å². The van der Waals surface area contributed by atoms with Gasteiger partial charge >= 0.3 is 0 Å². The van der Waals surface area contributed by atoms with Crippen LogP contribution in [0.4, 0.5) is 4.79 Å². The number of amides is 1. The lowest BCUT2D eigenvalue weighted by Gasteiger charge is -2.18. The molecular weight excluding hydrogens is 198 g/mol. The van der Waals surface area contributed by atoms with Crippen LogP contribution in [0.1, 0.15) is 13.8 Å². The second kappa shape index (κ2) is 4.72. The number of rotatable bonds is 3. The second-order valence-electron chi connectivity index (χ2n) is 2.60. The molecule has 0 aliphatic carbocycles. The molecule has 0 rings (SSSR count). The number of halogens is 1. The highest BCUT2D eigenvalue weighted by Gasteiger charge is 2.26. The average molecular weight is 210 g/mol. The fraction of sp³-hybridized carbons (Fsp3) is 0.714. The van der Waals surface area contributed by atoms with Crippen molar-refractivity contribution in [2.24, 2.45) is 0 Å². The first-order chi connectivity index (χ1) is 5.40. The van der Waals surface area contributed by atoms with Gasteiger partial charge in [0.25, 0.3) is 5.24 Å². The highest BCUT2D eigenvalue weighted by atomic mass is 35.5. The van der Waals surface area contributed by atoms with Crippen LogP contribution in [0.25, 0.3) is 0 Å². The van der Waals surface area contributed by atoms with Gasteiger partial charge in [0, 0.05) is 6.54 Å². The minimum Gasteiger partial charge on any atom is -0.345 e. The van der Waals surface area contributed by atoms with Crippen LogP contribution in [0.2, 0.25) is 0 Å². The van der Waals surface area contributed by atoms with E-state index in [-0.39, 0.29) is 17.6 Å². The number of carbonyl (C=O) groups excluding carboxylic acids is 2. The molecule has 0 fully saturated rings. The fourth-order valence-electron chi connectivity index (χ4n) is 0.435. The molecule has 0 aliphatic heterocycles. The predicted molar refractivity (Wildman–Crippen MR) is 51.9 cm³/mol. The number of Topliss-reactive ketones (excluding diaryl/α,β-unsaturated/α-hetero) is 1. The smallest absolute Gasteiger partial charge is 0.278 e. The summed E-state index contributed by atoms with van der Waals surface area (Å²) >= 11 is 6.86. The molecule has 1 atom stereocenters. The molecule has 0 heterocycles. The SMILES string of the molecule is CSC(=O)NCC(C)(Cl)C(C)=O. The van der Waals surface area contributed by atoms with Crippen LogP contribution in [-0.4, -0.2) is 28.7 Å². The van der Waals surface area contributed by atoms with Crippen LogP contribution in [0.15, 0.2) is 0 Å². The number of carbonyl (C=O) groups is 2. The maximum absolute atomic E-state index is 10.9. The molecule has 0 saturated carbocycles. The van der Waals surface area contributed by atoms with Gasteiger partial charge in [-0.05, 0) is 20.1 Å². The van der Waals surface area contributed by atoms with Crippen molar-refractivity contribution in [3.05, 3.63) is 0 Å². The first-order valence-electron chi connectivity index (χ1n) is 3.42. The standard InChI is InChI=1S/C7H12ClNO2S/c1-5(10)7(2,8)4-9-6(11)12-3/h4H2,1-3H3,(H,9,11). The lowest BCUT2D eigenvalue weighted by Crippen LogP contribution is -2.40. The van der Waals surface area contributed by atoms with Crippen molar-refractivity contribution in [1.29, 1.82) is 0 Å². The van der Waals surface area contributed by atoms with Gasteiger partial charge in [-0.25, -0.2) is 0 Å². The molecule has 0 aromatic heterocycles. The van der Waals surface area contributed by atoms with Gasteiger partial charge in [-0.1, -0.05) is 11.8 Å². The maximum Gasteiger partial charge on any atom is 0.278 e. The van der Waals surface area contributed by atoms with Gasteiger partial charge < -0.3 is 5.32 Å². The van der Waals surface area contributed by atoms with Gasteiger partial charge in [-0.2, -0.15) is 0 Å². The van der Waals surface area contributed by atoms with Crippen molar-refractivity contribution in [3.8, 4) is 0 Å². The average Bonchev–Trinajstić information content (AvgIpc) is 2.00. The van der Waals surface area contributed by atoms with Crippen molar-refractivity contribution in [2.75, 3.05) is 12.8 Å².